The van der Waals surface area contributed by atoms with E-state index in [1.165, 1.54) is 70.6 Å². The number of aliphatic hydroxyl groups is 1. The number of nitrogens with one attached hydrogen (secondary N) is 1. The topological polar surface area (TPSA) is 83.9 Å². The predicted molar refractivity (Wildman–Crippen MR) is 199 cm³/mol. The van der Waals surface area contributed by atoms with Gasteiger partial charge in [-0.1, -0.05) is 126 Å². The number of rotatable bonds is 23. The highest BCUT2D eigenvalue weighted by atomic mass is 16.7. The van der Waals surface area contributed by atoms with E-state index in [9.17, 15) is 9.90 Å². The number of carbonyl (C=O) groups is 1. The molecule has 268 valence electrons. The van der Waals surface area contributed by atoms with Crippen LogP contribution in [0.25, 0.3) is 0 Å². The number of likely N-dealkylation sites (N-methyl/N-ethyl adjacent to an activating group) is 1. The molecule has 1 amide bonds. The minimum Gasteiger partial charge on any atom is -0.392 e. The first-order valence-electron chi connectivity index (χ1n) is 19.0. The third-order valence-electron chi connectivity index (χ3n) is 9.56. The number of anilines is 1. The second-order valence-corrected chi connectivity index (χ2v) is 13.8. The standard InChI is InChI=1S/C42H61N3O4/c1-3-4-5-6-7-8-9-10-11-12-13-14-15-22-41(47)44-38-21-18-19-36(30-38)42-48-39(32-45(2)29-27-37-20-16-17-28-43-37)31-40(49-42)35-25-23-34(33-46)24-26-35/h16-21,23-26,28,30,39-40,42,46H,3-15,22,27,29,31-33H2,1-2H3,(H,44,47)/t39-,40+,42?/m0/s1. The summed E-state index contributed by atoms with van der Waals surface area (Å²) in [5.74, 6) is 0.0555. The van der Waals surface area contributed by atoms with Crippen LogP contribution in [-0.2, 0) is 27.3 Å². The summed E-state index contributed by atoms with van der Waals surface area (Å²) in [7, 11) is 2.12. The Bertz CT molecular complexity index is 1320. The van der Waals surface area contributed by atoms with Crippen LogP contribution in [0.2, 0.25) is 0 Å². The Kier molecular flexibility index (Phi) is 17.8. The van der Waals surface area contributed by atoms with Crippen molar-refractivity contribution in [1.29, 1.82) is 0 Å². The number of amides is 1. The summed E-state index contributed by atoms with van der Waals surface area (Å²) in [6, 6.07) is 21.9. The van der Waals surface area contributed by atoms with E-state index >= 15 is 0 Å². The molecule has 2 N–H and O–H groups in total. The first-order valence-corrected chi connectivity index (χ1v) is 19.0. The molecule has 3 aromatic rings. The lowest BCUT2D eigenvalue weighted by Gasteiger charge is -2.38. The molecule has 1 aliphatic heterocycles. The lowest BCUT2D eigenvalue weighted by molar-refractivity contribution is -0.252. The molecule has 1 aromatic heterocycles. The van der Waals surface area contributed by atoms with Crippen molar-refractivity contribution in [2.45, 2.75) is 135 Å². The summed E-state index contributed by atoms with van der Waals surface area (Å²) < 4.78 is 13.1. The van der Waals surface area contributed by atoms with E-state index in [0.29, 0.717) is 6.42 Å². The molecule has 1 saturated heterocycles. The SMILES string of the molecule is CCCCCCCCCCCCCCCC(=O)Nc1cccc(C2O[C@H](CN(C)CCc3ccccn3)C[C@H](c3ccc(CO)cc3)O2)c1. The van der Waals surface area contributed by atoms with Gasteiger partial charge in [0.1, 0.15) is 0 Å². The molecule has 7 heteroatoms. The van der Waals surface area contributed by atoms with E-state index in [2.05, 4.69) is 35.2 Å². The summed E-state index contributed by atoms with van der Waals surface area (Å²) in [4.78, 5) is 19.6. The lowest BCUT2D eigenvalue weighted by atomic mass is 9.99. The van der Waals surface area contributed by atoms with E-state index < -0.39 is 6.29 Å². The van der Waals surface area contributed by atoms with Gasteiger partial charge in [-0.05, 0) is 48.9 Å². The molecular weight excluding hydrogens is 610 g/mol. The zero-order valence-corrected chi connectivity index (χ0v) is 30.2. The fraction of sp³-hybridized carbons (Fsp3) is 0.571. The maximum atomic E-state index is 12.8. The van der Waals surface area contributed by atoms with Crippen LogP contribution in [0.15, 0.2) is 72.9 Å². The largest absolute Gasteiger partial charge is 0.392 e. The van der Waals surface area contributed by atoms with E-state index in [1.807, 2.05) is 66.9 Å². The molecule has 3 atom stereocenters. The van der Waals surface area contributed by atoms with Crippen LogP contribution in [0.3, 0.4) is 0 Å². The first-order chi connectivity index (χ1) is 24.0. The summed E-state index contributed by atoms with van der Waals surface area (Å²) in [6.45, 7) is 3.92. The monoisotopic (exact) mass is 671 g/mol. The molecule has 2 heterocycles. The number of carbonyl (C=O) groups excluding carboxylic acids is 1. The fourth-order valence-electron chi connectivity index (χ4n) is 6.61. The Labute approximate surface area is 295 Å². The van der Waals surface area contributed by atoms with Crippen molar-refractivity contribution < 1.29 is 19.4 Å². The molecule has 2 aromatic carbocycles. The van der Waals surface area contributed by atoms with Gasteiger partial charge in [0, 0.05) is 55.5 Å². The molecule has 0 aliphatic carbocycles. The molecule has 7 nitrogen and oxygen atoms in total. The number of aliphatic hydroxyl groups excluding tert-OH is 1. The van der Waals surface area contributed by atoms with Gasteiger partial charge in [0.15, 0.2) is 6.29 Å². The van der Waals surface area contributed by atoms with Crippen LogP contribution in [0, 0.1) is 0 Å². The van der Waals surface area contributed by atoms with Crippen molar-refractivity contribution in [3.8, 4) is 0 Å². The number of hydrogen-bond donors (Lipinski definition) is 2. The second kappa shape index (κ2) is 22.6. The van der Waals surface area contributed by atoms with Gasteiger partial charge in [-0.15, -0.1) is 0 Å². The smallest absolute Gasteiger partial charge is 0.224 e. The predicted octanol–water partition coefficient (Wildman–Crippen LogP) is 9.71. The van der Waals surface area contributed by atoms with Gasteiger partial charge in [0.2, 0.25) is 5.91 Å². The van der Waals surface area contributed by atoms with Gasteiger partial charge in [-0.3, -0.25) is 9.78 Å². The van der Waals surface area contributed by atoms with Crippen LogP contribution in [0.4, 0.5) is 5.69 Å². The summed E-state index contributed by atoms with van der Waals surface area (Å²) >= 11 is 0. The maximum Gasteiger partial charge on any atom is 0.224 e. The highest BCUT2D eigenvalue weighted by molar-refractivity contribution is 5.90. The second-order valence-electron chi connectivity index (χ2n) is 13.8. The molecule has 4 rings (SSSR count). The summed E-state index contributed by atoms with van der Waals surface area (Å²) in [5.41, 5.74) is 4.67. The van der Waals surface area contributed by atoms with E-state index in [0.717, 1.165) is 66.8 Å². The van der Waals surface area contributed by atoms with Crippen LogP contribution in [0.1, 0.15) is 138 Å². The number of hydrogen-bond acceptors (Lipinski definition) is 6. The van der Waals surface area contributed by atoms with Gasteiger partial charge in [0.05, 0.1) is 18.8 Å². The van der Waals surface area contributed by atoms with Crippen LogP contribution in [0.5, 0.6) is 0 Å². The molecule has 1 fully saturated rings. The minimum atomic E-state index is -0.566. The normalized spacial score (nSPS) is 17.8. The van der Waals surface area contributed by atoms with Crippen molar-refractivity contribution in [2.24, 2.45) is 0 Å². The van der Waals surface area contributed by atoms with Gasteiger partial charge in [-0.25, -0.2) is 0 Å². The van der Waals surface area contributed by atoms with Crippen LogP contribution in [-0.4, -0.2) is 47.1 Å². The molecule has 1 aliphatic rings. The number of ether oxygens (including phenoxy) is 2. The molecule has 0 spiro atoms. The fourth-order valence-corrected chi connectivity index (χ4v) is 6.61. The summed E-state index contributed by atoms with van der Waals surface area (Å²) in [5, 5.41) is 12.6. The highest BCUT2D eigenvalue weighted by Crippen LogP contribution is 2.38. The zero-order valence-electron chi connectivity index (χ0n) is 30.2. The summed E-state index contributed by atoms with van der Waals surface area (Å²) in [6.07, 6.45) is 20.0. The third-order valence-corrected chi connectivity index (χ3v) is 9.56. The first kappa shape index (κ1) is 38.7. The Balaban J connectivity index is 1.24. The quantitative estimate of drug-likeness (QED) is 0.0977. The van der Waals surface area contributed by atoms with Crippen molar-refractivity contribution >= 4 is 11.6 Å². The van der Waals surface area contributed by atoms with Gasteiger partial charge < -0.3 is 24.8 Å². The minimum absolute atomic E-state index is 0.0130. The number of aromatic nitrogens is 1. The van der Waals surface area contributed by atoms with Crippen molar-refractivity contribution in [3.63, 3.8) is 0 Å². The lowest BCUT2D eigenvalue weighted by Crippen LogP contribution is -2.38. The Hall–Kier alpha value is -3.10. The third kappa shape index (κ3) is 14.7. The van der Waals surface area contributed by atoms with Crippen molar-refractivity contribution in [3.05, 3.63) is 95.3 Å². The van der Waals surface area contributed by atoms with Gasteiger partial charge in [0.25, 0.3) is 0 Å². The average Bonchev–Trinajstić information content (AvgIpc) is 3.13. The number of pyridine rings is 1. The van der Waals surface area contributed by atoms with Crippen molar-refractivity contribution in [1.82, 2.24) is 9.88 Å². The Morgan fingerprint density at radius 1 is 0.837 bits per heavy atom. The van der Waals surface area contributed by atoms with Crippen LogP contribution < -0.4 is 5.32 Å². The van der Waals surface area contributed by atoms with E-state index in [-0.39, 0.29) is 24.7 Å². The maximum absolute atomic E-state index is 12.8. The highest BCUT2D eigenvalue weighted by Gasteiger charge is 2.33. The van der Waals surface area contributed by atoms with Crippen molar-refractivity contribution in [2.75, 3.05) is 25.5 Å². The molecule has 1 unspecified atom stereocenters. The van der Waals surface area contributed by atoms with E-state index in [4.69, 9.17) is 9.47 Å². The van der Waals surface area contributed by atoms with Gasteiger partial charge in [-0.2, -0.15) is 0 Å². The zero-order chi connectivity index (χ0) is 34.5. The Morgan fingerprint density at radius 3 is 2.18 bits per heavy atom. The molecule has 0 bridgehead atoms. The number of unbranched alkanes of at least 4 members (excludes halogenated alkanes) is 12. The Morgan fingerprint density at radius 2 is 1.53 bits per heavy atom. The average molecular weight is 672 g/mol. The number of nitrogens with zero attached hydrogens (tertiary/aromatic N) is 2. The van der Waals surface area contributed by atoms with Crippen LogP contribution >= 0.6 is 0 Å². The van der Waals surface area contributed by atoms with Gasteiger partial charge >= 0.3 is 0 Å². The molecule has 0 radical (unpaired) electrons. The molecule has 0 saturated carbocycles. The van der Waals surface area contributed by atoms with E-state index in [1.54, 1.807) is 0 Å². The molecular formula is C42H61N3O4. The number of benzene rings is 2. The molecule has 49 heavy (non-hydrogen) atoms.